The van der Waals surface area contributed by atoms with Crippen LogP contribution in [0.2, 0.25) is 0 Å². The second-order valence-corrected chi connectivity index (χ2v) is 5.37. The molecular weight excluding hydrogens is 292 g/mol. The maximum atomic E-state index is 12.3. The molecule has 6 nitrogen and oxygen atoms in total. The van der Waals surface area contributed by atoms with Gasteiger partial charge in [0.25, 0.3) is 0 Å². The van der Waals surface area contributed by atoms with E-state index in [1.54, 1.807) is 10.9 Å². The molecule has 0 radical (unpaired) electrons. The predicted octanol–water partition coefficient (Wildman–Crippen LogP) is 1.57. The van der Waals surface area contributed by atoms with Gasteiger partial charge in [-0.1, -0.05) is 19.1 Å². The number of hydrogen-bond acceptors (Lipinski definition) is 4. The van der Waals surface area contributed by atoms with Gasteiger partial charge in [-0.05, 0) is 30.2 Å². The maximum Gasteiger partial charge on any atom is 0.224 e. The number of benzene rings is 1. The zero-order valence-corrected chi connectivity index (χ0v) is 13.7. The minimum atomic E-state index is -0.0355. The van der Waals surface area contributed by atoms with Gasteiger partial charge in [-0.2, -0.15) is 5.10 Å². The van der Waals surface area contributed by atoms with E-state index in [-0.39, 0.29) is 11.9 Å². The SMILES string of the molecule is CCC(NC(=O)Cc1cccc(OCCN)c1)c1ccnn1C. The summed E-state index contributed by atoms with van der Waals surface area (Å²) in [4.78, 5) is 12.3. The summed E-state index contributed by atoms with van der Waals surface area (Å²) >= 11 is 0. The average Bonchev–Trinajstić information content (AvgIpc) is 2.97. The van der Waals surface area contributed by atoms with Crippen molar-refractivity contribution in [3.05, 3.63) is 47.8 Å². The van der Waals surface area contributed by atoms with Gasteiger partial charge >= 0.3 is 0 Å². The Balaban J connectivity index is 1.97. The summed E-state index contributed by atoms with van der Waals surface area (Å²) in [6.45, 7) is 2.97. The van der Waals surface area contributed by atoms with Crippen LogP contribution < -0.4 is 15.8 Å². The molecule has 0 saturated heterocycles. The lowest BCUT2D eigenvalue weighted by atomic mass is 10.1. The summed E-state index contributed by atoms with van der Waals surface area (Å²) in [6.07, 6.45) is 2.86. The van der Waals surface area contributed by atoms with Crippen molar-refractivity contribution in [2.75, 3.05) is 13.2 Å². The molecule has 2 aromatic rings. The van der Waals surface area contributed by atoms with Gasteiger partial charge in [-0.15, -0.1) is 0 Å². The number of nitrogens with one attached hydrogen (secondary N) is 1. The van der Waals surface area contributed by atoms with Gasteiger partial charge in [0.1, 0.15) is 12.4 Å². The van der Waals surface area contributed by atoms with E-state index in [0.29, 0.717) is 19.6 Å². The Morgan fingerprint density at radius 1 is 1.43 bits per heavy atom. The molecule has 0 fully saturated rings. The van der Waals surface area contributed by atoms with Gasteiger partial charge in [0.05, 0.1) is 18.2 Å². The topological polar surface area (TPSA) is 82.2 Å². The van der Waals surface area contributed by atoms with Crippen LogP contribution in [0.5, 0.6) is 5.75 Å². The molecule has 1 atom stereocenters. The zero-order valence-electron chi connectivity index (χ0n) is 13.7. The van der Waals surface area contributed by atoms with Crippen LogP contribution in [0.15, 0.2) is 36.5 Å². The first-order valence-electron chi connectivity index (χ1n) is 7.83. The highest BCUT2D eigenvalue weighted by Gasteiger charge is 2.16. The third kappa shape index (κ3) is 4.82. The van der Waals surface area contributed by atoms with Crippen molar-refractivity contribution in [3.8, 4) is 5.75 Å². The van der Waals surface area contributed by atoms with E-state index in [0.717, 1.165) is 23.4 Å². The molecule has 124 valence electrons. The van der Waals surface area contributed by atoms with E-state index in [1.165, 1.54) is 0 Å². The average molecular weight is 316 g/mol. The number of rotatable bonds is 8. The molecule has 1 unspecified atom stereocenters. The predicted molar refractivity (Wildman–Crippen MR) is 89.1 cm³/mol. The van der Waals surface area contributed by atoms with Crippen LogP contribution in [0.25, 0.3) is 0 Å². The first-order valence-corrected chi connectivity index (χ1v) is 7.83. The summed E-state index contributed by atoms with van der Waals surface area (Å²) in [5, 5.41) is 7.22. The normalized spacial score (nSPS) is 12.0. The first kappa shape index (κ1) is 17.0. The Morgan fingerprint density at radius 3 is 2.91 bits per heavy atom. The molecule has 1 amide bonds. The van der Waals surface area contributed by atoms with E-state index in [2.05, 4.69) is 10.4 Å². The van der Waals surface area contributed by atoms with E-state index in [9.17, 15) is 4.79 Å². The van der Waals surface area contributed by atoms with Crippen molar-refractivity contribution in [2.24, 2.45) is 12.8 Å². The van der Waals surface area contributed by atoms with E-state index in [1.807, 2.05) is 44.3 Å². The lowest BCUT2D eigenvalue weighted by Gasteiger charge is -2.17. The molecule has 0 saturated carbocycles. The minimum absolute atomic E-state index is 0.0194. The van der Waals surface area contributed by atoms with Crippen molar-refractivity contribution in [1.82, 2.24) is 15.1 Å². The lowest BCUT2D eigenvalue weighted by molar-refractivity contribution is -0.121. The zero-order chi connectivity index (χ0) is 16.7. The fourth-order valence-corrected chi connectivity index (χ4v) is 2.46. The van der Waals surface area contributed by atoms with Gasteiger partial charge in [-0.3, -0.25) is 9.48 Å². The van der Waals surface area contributed by atoms with Crippen molar-refractivity contribution >= 4 is 5.91 Å². The van der Waals surface area contributed by atoms with Crippen LogP contribution >= 0.6 is 0 Å². The standard InChI is InChI=1S/C17H24N4O2/c1-3-15(16-7-9-19-21(16)2)20-17(22)12-13-5-4-6-14(11-13)23-10-8-18/h4-7,9,11,15H,3,8,10,12,18H2,1-2H3,(H,20,22). The van der Waals surface area contributed by atoms with Gasteiger partial charge in [0.15, 0.2) is 0 Å². The van der Waals surface area contributed by atoms with Crippen molar-refractivity contribution in [1.29, 1.82) is 0 Å². The number of amides is 1. The fraction of sp³-hybridized carbons (Fsp3) is 0.412. The van der Waals surface area contributed by atoms with Crippen LogP contribution in [0.3, 0.4) is 0 Å². The molecule has 2 rings (SSSR count). The number of nitrogens with two attached hydrogens (primary N) is 1. The van der Waals surface area contributed by atoms with Gasteiger partial charge in [0.2, 0.25) is 5.91 Å². The molecule has 23 heavy (non-hydrogen) atoms. The third-order valence-corrected chi connectivity index (χ3v) is 3.61. The van der Waals surface area contributed by atoms with Crippen LogP contribution in [0.4, 0.5) is 0 Å². The molecule has 1 heterocycles. The lowest BCUT2D eigenvalue weighted by Crippen LogP contribution is -2.30. The largest absolute Gasteiger partial charge is 0.492 e. The summed E-state index contributed by atoms with van der Waals surface area (Å²) < 4.78 is 7.27. The van der Waals surface area contributed by atoms with Crippen LogP contribution in [-0.2, 0) is 18.3 Å². The van der Waals surface area contributed by atoms with E-state index >= 15 is 0 Å². The third-order valence-electron chi connectivity index (χ3n) is 3.61. The minimum Gasteiger partial charge on any atom is -0.492 e. The molecule has 0 aliphatic heterocycles. The molecule has 1 aromatic carbocycles. The molecule has 0 aliphatic rings. The van der Waals surface area contributed by atoms with Gasteiger partial charge in [0, 0.05) is 19.8 Å². The summed E-state index contributed by atoms with van der Waals surface area (Å²) in [5.74, 6) is 0.716. The van der Waals surface area contributed by atoms with Crippen molar-refractivity contribution in [3.63, 3.8) is 0 Å². The quantitative estimate of drug-likeness (QED) is 0.774. The number of aromatic nitrogens is 2. The second-order valence-electron chi connectivity index (χ2n) is 5.37. The first-order chi connectivity index (χ1) is 11.1. The number of hydrogen-bond donors (Lipinski definition) is 2. The second kappa shape index (κ2) is 8.33. The van der Waals surface area contributed by atoms with Gasteiger partial charge < -0.3 is 15.8 Å². The number of carbonyl (C=O) groups is 1. The maximum absolute atomic E-state index is 12.3. The highest BCUT2D eigenvalue weighted by Crippen LogP contribution is 2.17. The Hall–Kier alpha value is -2.34. The number of carbonyl (C=O) groups excluding carboxylic acids is 1. The summed E-state index contributed by atoms with van der Waals surface area (Å²) in [7, 11) is 1.88. The molecule has 0 bridgehead atoms. The Kier molecular flexibility index (Phi) is 6.17. The number of ether oxygens (including phenoxy) is 1. The van der Waals surface area contributed by atoms with Crippen LogP contribution in [-0.4, -0.2) is 28.8 Å². The molecule has 1 aromatic heterocycles. The summed E-state index contributed by atoms with van der Waals surface area (Å²) in [5.41, 5.74) is 7.34. The Labute approximate surface area is 136 Å². The van der Waals surface area contributed by atoms with E-state index in [4.69, 9.17) is 10.5 Å². The highest BCUT2D eigenvalue weighted by molar-refractivity contribution is 5.79. The van der Waals surface area contributed by atoms with E-state index < -0.39 is 0 Å². The molecule has 0 aliphatic carbocycles. The summed E-state index contributed by atoms with van der Waals surface area (Å²) in [6, 6.07) is 9.43. The monoisotopic (exact) mass is 316 g/mol. The Morgan fingerprint density at radius 2 is 2.26 bits per heavy atom. The van der Waals surface area contributed by atoms with Crippen molar-refractivity contribution < 1.29 is 9.53 Å². The Bertz CT molecular complexity index is 639. The van der Waals surface area contributed by atoms with Crippen LogP contribution in [0, 0.1) is 0 Å². The fourth-order valence-electron chi connectivity index (χ4n) is 2.46. The van der Waals surface area contributed by atoms with Crippen molar-refractivity contribution in [2.45, 2.75) is 25.8 Å². The molecule has 0 spiro atoms. The molecular formula is C17H24N4O2. The van der Waals surface area contributed by atoms with Gasteiger partial charge in [-0.25, -0.2) is 0 Å². The number of nitrogens with zero attached hydrogens (tertiary/aromatic N) is 2. The number of aryl methyl sites for hydroxylation is 1. The molecule has 3 N–H and O–H groups in total. The van der Waals surface area contributed by atoms with Crippen LogP contribution in [0.1, 0.15) is 30.6 Å². The molecule has 6 heteroatoms. The smallest absolute Gasteiger partial charge is 0.224 e. The highest BCUT2D eigenvalue weighted by atomic mass is 16.5.